The molecule has 0 fully saturated rings. The maximum absolute atomic E-state index is 12.4. The number of nitrogens with one attached hydrogen (secondary N) is 1. The Kier molecular flexibility index (Phi) is 2.87. The number of nitrogens with zero attached hydrogens (tertiary/aromatic N) is 1. The van der Waals surface area contributed by atoms with Gasteiger partial charge in [-0.3, -0.25) is 9.36 Å². The molecular formula is C13H12N2OS2. The Morgan fingerprint density at radius 3 is 2.78 bits per heavy atom. The van der Waals surface area contributed by atoms with E-state index in [-0.39, 0.29) is 5.56 Å². The van der Waals surface area contributed by atoms with Crippen LogP contribution in [0.2, 0.25) is 0 Å². The Bertz CT molecular complexity index is 713. The summed E-state index contributed by atoms with van der Waals surface area (Å²) in [5.41, 5.74) is 2.97. The van der Waals surface area contributed by atoms with E-state index in [9.17, 15) is 4.79 Å². The van der Waals surface area contributed by atoms with Gasteiger partial charge in [-0.1, -0.05) is 17.7 Å². The Hall–Kier alpha value is -1.33. The van der Waals surface area contributed by atoms with Crippen LogP contribution in [-0.4, -0.2) is 15.3 Å². The van der Waals surface area contributed by atoms with E-state index in [0.29, 0.717) is 4.77 Å². The predicted molar refractivity (Wildman–Crippen MR) is 76.4 cm³/mol. The molecule has 0 atom stereocenters. The molecule has 2 aromatic rings. The summed E-state index contributed by atoms with van der Waals surface area (Å²) in [6, 6.07) is 7.81. The number of rotatable bonds is 1. The molecule has 18 heavy (non-hydrogen) atoms. The third kappa shape index (κ3) is 1.83. The molecule has 0 saturated heterocycles. The lowest BCUT2D eigenvalue weighted by Gasteiger charge is -2.08. The highest BCUT2D eigenvalue weighted by Gasteiger charge is 2.18. The van der Waals surface area contributed by atoms with Crippen molar-refractivity contribution in [2.24, 2.45) is 0 Å². The largest absolute Gasteiger partial charge is 0.334 e. The summed E-state index contributed by atoms with van der Waals surface area (Å²) in [5.74, 6) is 0.952. The summed E-state index contributed by atoms with van der Waals surface area (Å²) in [6.45, 7) is 2.02. The highest BCUT2D eigenvalue weighted by atomic mass is 32.2. The Morgan fingerprint density at radius 1 is 1.33 bits per heavy atom. The van der Waals surface area contributed by atoms with Crippen LogP contribution < -0.4 is 5.56 Å². The topological polar surface area (TPSA) is 37.8 Å². The minimum Gasteiger partial charge on any atom is -0.334 e. The zero-order valence-corrected chi connectivity index (χ0v) is 11.5. The van der Waals surface area contributed by atoms with Crippen LogP contribution in [0.4, 0.5) is 0 Å². The Balaban J connectivity index is 2.27. The standard InChI is InChI=1S/C13H12N2OS2/c1-8-2-4-9(5-3-8)15-12(16)11-10(6-7-18-11)14-13(15)17/h2-5H,6-7H2,1H3,(H,14,17). The minimum atomic E-state index is 0.0000954. The van der Waals surface area contributed by atoms with Gasteiger partial charge in [0, 0.05) is 11.4 Å². The summed E-state index contributed by atoms with van der Waals surface area (Å²) in [6.07, 6.45) is 0.896. The van der Waals surface area contributed by atoms with Gasteiger partial charge >= 0.3 is 0 Å². The number of H-pyrrole nitrogens is 1. The van der Waals surface area contributed by atoms with Crippen LogP contribution in [0.5, 0.6) is 0 Å². The van der Waals surface area contributed by atoms with E-state index in [4.69, 9.17) is 12.2 Å². The lowest BCUT2D eigenvalue weighted by atomic mass is 10.2. The lowest BCUT2D eigenvalue weighted by molar-refractivity contribution is 0.834. The van der Waals surface area contributed by atoms with Crippen molar-refractivity contribution in [2.75, 3.05) is 5.75 Å². The number of benzene rings is 1. The minimum absolute atomic E-state index is 0.0000954. The molecule has 3 nitrogen and oxygen atoms in total. The quantitative estimate of drug-likeness (QED) is 0.814. The van der Waals surface area contributed by atoms with Crippen molar-refractivity contribution in [1.82, 2.24) is 9.55 Å². The van der Waals surface area contributed by atoms with Crippen molar-refractivity contribution in [2.45, 2.75) is 18.2 Å². The smallest absolute Gasteiger partial charge is 0.272 e. The second-order valence-corrected chi connectivity index (χ2v) is 5.80. The van der Waals surface area contributed by atoms with E-state index in [1.807, 2.05) is 31.2 Å². The maximum Gasteiger partial charge on any atom is 0.272 e. The van der Waals surface area contributed by atoms with Crippen LogP contribution >= 0.6 is 24.0 Å². The number of aromatic nitrogens is 2. The van der Waals surface area contributed by atoms with Crippen molar-refractivity contribution >= 4 is 24.0 Å². The summed E-state index contributed by atoms with van der Waals surface area (Å²) in [4.78, 5) is 16.4. The van der Waals surface area contributed by atoms with E-state index >= 15 is 0 Å². The number of fused-ring (bicyclic) bond motifs is 1. The van der Waals surface area contributed by atoms with Gasteiger partial charge in [0.2, 0.25) is 0 Å². The third-order valence-electron chi connectivity index (χ3n) is 3.02. The van der Waals surface area contributed by atoms with Gasteiger partial charge < -0.3 is 4.98 Å². The molecule has 0 bridgehead atoms. The van der Waals surface area contributed by atoms with Crippen LogP contribution in [0.15, 0.2) is 34.0 Å². The average Bonchev–Trinajstić information content (AvgIpc) is 2.80. The van der Waals surface area contributed by atoms with Gasteiger partial charge in [0.25, 0.3) is 5.56 Å². The molecule has 0 radical (unpaired) electrons. The summed E-state index contributed by atoms with van der Waals surface area (Å²) < 4.78 is 2.05. The SMILES string of the molecule is Cc1ccc(-n2c(=S)[nH]c3c(c2=O)SCC3)cc1. The van der Waals surface area contributed by atoms with Gasteiger partial charge in [-0.25, -0.2) is 0 Å². The van der Waals surface area contributed by atoms with Crippen LogP contribution in [-0.2, 0) is 6.42 Å². The number of hydrogen-bond acceptors (Lipinski definition) is 3. The van der Waals surface area contributed by atoms with E-state index in [2.05, 4.69) is 4.98 Å². The first-order valence-electron chi connectivity index (χ1n) is 5.75. The van der Waals surface area contributed by atoms with Crippen molar-refractivity contribution in [3.05, 3.63) is 50.6 Å². The normalized spacial score (nSPS) is 13.6. The van der Waals surface area contributed by atoms with Gasteiger partial charge in [0.05, 0.1) is 10.6 Å². The van der Waals surface area contributed by atoms with Gasteiger partial charge in [-0.05, 0) is 37.7 Å². The Morgan fingerprint density at radius 2 is 2.06 bits per heavy atom. The van der Waals surface area contributed by atoms with Gasteiger partial charge in [-0.15, -0.1) is 11.8 Å². The second kappa shape index (κ2) is 4.40. The molecule has 1 aromatic carbocycles. The number of thioether (sulfide) groups is 1. The Labute approximate surface area is 114 Å². The monoisotopic (exact) mass is 276 g/mol. The van der Waals surface area contributed by atoms with Crippen LogP contribution in [0, 0.1) is 11.7 Å². The molecule has 1 aromatic heterocycles. The van der Waals surface area contributed by atoms with E-state index in [1.165, 1.54) is 0 Å². The molecule has 5 heteroatoms. The first-order chi connectivity index (χ1) is 8.66. The molecule has 2 heterocycles. The van der Waals surface area contributed by atoms with E-state index in [0.717, 1.165) is 34.0 Å². The van der Waals surface area contributed by atoms with Crippen molar-refractivity contribution in [1.29, 1.82) is 0 Å². The number of aromatic amines is 1. The van der Waals surface area contributed by atoms with Crippen LogP contribution in [0.25, 0.3) is 5.69 Å². The summed E-state index contributed by atoms with van der Waals surface area (Å²) in [7, 11) is 0. The molecule has 0 aliphatic carbocycles. The molecule has 0 spiro atoms. The first kappa shape index (κ1) is 11.7. The lowest BCUT2D eigenvalue weighted by Crippen LogP contribution is -2.22. The molecule has 92 valence electrons. The van der Waals surface area contributed by atoms with Gasteiger partial charge in [0.1, 0.15) is 0 Å². The van der Waals surface area contributed by atoms with E-state index < -0.39 is 0 Å². The molecule has 1 N–H and O–H groups in total. The van der Waals surface area contributed by atoms with Crippen molar-refractivity contribution in [3.8, 4) is 5.69 Å². The third-order valence-corrected chi connectivity index (χ3v) is 4.43. The maximum atomic E-state index is 12.4. The van der Waals surface area contributed by atoms with Crippen LogP contribution in [0.1, 0.15) is 11.3 Å². The molecule has 0 amide bonds. The zero-order valence-electron chi connectivity index (χ0n) is 9.90. The number of aryl methyl sites for hydroxylation is 2. The highest BCUT2D eigenvalue weighted by molar-refractivity contribution is 7.99. The molecule has 1 aliphatic rings. The predicted octanol–water partition coefficient (Wildman–Crippen LogP) is 2.85. The second-order valence-electron chi connectivity index (χ2n) is 4.31. The fourth-order valence-corrected chi connectivity index (χ4v) is 3.44. The van der Waals surface area contributed by atoms with Gasteiger partial charge in [0.15, 0.2) is 4.77 Å². The summed E-state index contributed by atoms with van der Waals surface area (Å²) >= 11 is 6.90. The highest BCUT2D eigenvalue weighted by Crippen LogP contribution is 2.26. The van der Waals surface area contributed by atoms with Crippen molar-refractivity contribution < 1.29 is 0 Å². The fraction of sp³-hybridized carbons (Fsp3) is 0.231. The van der Waals surface area contributed by atoms with Crippen LogP contribution in [0.3, 0.4) is 0 Å². The molecular weight excluding hydrogens is 264 g/mol. The summed E-state index contributed by atoms with van der Waals surface area (Å²) in [5, 5.41) is 0. The van der Waals surface area contributed by atoms with E-state index in [1.54, 1.807) is 16.3 Å². The number of hydrogen-bond donors (Lipinski definition) is 1. The van der Waals surface area contributed by atoms with Crippen molar-refractivity contribution in [3.63, 3.8) is 0 Å². The molecule has 1 aliphatic heterocycles. The average molecular weight is 276 g/mol. The molecule has 0 unspecified atom stereocenters. The fourth-order valence-electron chi connectivity index (χ4n) is 2.07. The molecule has 3 rings (SSSR count). The molecule has 0 saturated carbocycles. The first-order valence-corrected chi connectivity index (χ1v) is 7.14. The van der Waals surface area contributed by atoms with Gasteiger partial charge in [-0.2, -0.15) is 0 Å². The zero-order chi connectivity index (χ0) is 12.7.